The van der Waals surface area contributed by atoms with Crippen LogP contribution in [0, 0.1) is 0 Å². The van der Waals surface area contributed by atoms with Gasteiger partial charge in [-0.15, -0.1) is 0 Å². The highest BCUT2D eigenvalue weighted by Gasteiger charge is 2.17. The first-order valence-electron chi connectivity index (χ1n) is 9.76. The van der Waals surface area contributed by atoms with Gasteiger partial charge in [-0.1, -0.05) is 52.0 Å². The predicted octanol–water partition coefficient (Wildman–Crippen LogP) is 3.54. The van der Waals surface area contributed by atoms with Crippen molar-refractivity contribution < 1.29 is 19.1 Å². The molecule has 6 nitrogen and oxygen atoms in total. The monoisotopic (exact) mass is 398 g/mol. The second-order valence-electron chi connectivity index (χ2n) is 7.86. The number of hydrogen-bond acceptors (Lipinski definition) is 4. The number of ether oxygens (including phenoxy) is 2. The topological polar surface area (TPSA) is 76.7 Å². The number of carbonyl (C=O) groups excluding carboxylic acids is 2. The summed E-state index contributed by atoms with van der Waals surface area (Å²) in [6.07, 6.45) is 0.173. The lowest BCUT2D eigenvalue weighted by Gasteiger charge is -2.20. The van der Waals surface area contributed by atoms with Gasteiger partial charge in [0.1, 0.15) is 11.5 Å². The second-order valence-corrected chi connectivity index (χ2v) is 7.86. The minimum atomic E-state index is -0.765. The van der Waals surface area contributed by atoms with Crippen LogP contribution in [0.5, 0.6) is 11.5 Å². The smallest absolute Gasteiger partial charge is 0.279 e. The van der Waals surface area contributed by atoms with Crippen LogP contribution in [0.1, 0.15) is 45.7 Å². The Morgan fingerprint density at radius 1 is 0.931 bits per heavy atom. The maximum absolute atomic E-state index is 12.1. The molecule has 0 saturated heterocycles. The second kappa shape index (κ2) is 9.96. The van der Waals surface area contributed by atoms with Crippen LogP contribution in [0.15, 0.2) is 48.5 Å². The summed E-state index contributed by atoms with van der Waals surface area (Å²) in [7, 11) is 0. The van der Waals surface area contributed by atoms with Crippen LogP contribution in [0.25, 0.3) is 0 Å². The fraction of sp³-hybridized carbons (Fsp3) is 0.391. The fourth-order valence-electron chi connectivity index (χ4n) is 2.53. The van der Waals surface area contributed by atoms with Crippen LogP contribution in [0.2, 0.25) is 0 Å². The third-order valence-corrected chi connectivity index (χ3v) is 4.43. The summed E-state index contributed by atoms with van der Waals surface area (Å²) in [4.78, 5) is 24.0. The van der Waals surface area contributed by atoms with E-state index in [-0.39, 0.29) is 12.0 Å². The van der Waals surface area contributed by atoms with Gasteiger partial charge in [-0.2, -0.15) is 0 Å². The van der Waals surface area contributed by atoms with Crippen molar-refractivity contribution in [3.63, 3.8) is 0 Å². The van der Waals surface area contributed by atoms with E-state index in [9.17, 15) is 9.59 Å². The highest BCUT2D eigenvalue weighted by Crippen LogP contribution is 2.24. The van der Waals surface area contributed by atoms with Crippen LogP contribution < -0.4 is 20.3 Å². The van der Waals surface area contributed by atoms with E-state index in [4.69, 9.17) is 9.47 Å². The molecule has 0 aliphatic heterocycles. The summed E-state index contributed by atoms with van der Waals surface area (Å²) in [6.45, 7) is 9.88. The van der Waals surface area contributed by atoms with Crippen LogP contribution >= 0.6 is 0 Å². The number of benzene rings is 2. The molecule has 0 fully saturated rings. The normalized spacial score (nSPS) is 12.0. The minimum absolute atomic E-state index is 0.0475. The molecule has 156 valence electrons. The van der Waals surface area contributed by atoms with E-state index in [1.165, 1.54) is 11.1 Å². The standard InChI is InChI=1S/C23H30N2O4/c1-6-17-7-11-19(12-8-17)28-15-21(26)24-25-22(27)16(2)29-20-13-9-18(10-14-20)23(3,4)5/h7-14,16H,6,15H2,1-5H3,(H,24,26)(H,25,27). The molecule has 2 amide bonds. The van der Waals surface area contributed by atoms with Crippen molar-refractivity contribution in [2.75, 3.05) is 6.61 Å². The Balaban J connectivity index is 1.75. The molecule has 0 radical (unpaired) electrons. The van der Waals surface area contributed by atoms with Crippen molar-refractivity contribution in [1.29, 1.82) is 0 Å². The summed E-state index contributed by atoms with van der Waals surface area (Å²) >= 11 is 0. The van der Waals surface area contributed by atoms with E-state index in [1.54, 1.807) is 6.92 Å². The zero-order chi connectivity index (χ0) is 21.4. The van der Waals surface area contributed by atoms with Gasteiger partial charge in [-0.05, 0) is 54.2 Å². The Morgan fingerprint density at radius 2 is 1.52 bits per heavy atom. The lowest BCUT2D eigenvalue weighted by atomic mass is 9.87. The van der Waals surface area contributed by atoms with Crippen molar-refractivity contribution in [1.82, 2.24) is 10.9 Å². The molecule has 0 saturated carbocycles. The molecule has 0 heterocycles. The van der Waals surface area contributed by atoms with Gasteiger partial charge in [0, 0.05) is 0 Å². The zero-order valence-electron chi connectivity index (χ0n) is 17.7. The Labute approximate surface area is 172 Å². The van der Waals surface area contributed by atoms with Gasteiger partial charge in [0.2, 0.25) is 0 Å². The summed E-state index contributed by atoms with van der Waals surface area (Å²) in [5.74, 6) is 0.273. The molecule has 6 heteroatoms. The third kappa shape index (κ3) is 7.14. The first-order chi connectivity index (χ1) is 13.7. The molecule has 0 aromatic heterocycles. The molecule has 1 atom stereocenters. The van der Waals surface area contributed by atoms with Crippen LogP contribution in [-0.4, -0.2) is 24.5 Å². The van der Waals surface area contributed by atoms with Crippen LogP contribution in [-0.2, 0) is 21.4 Å². The number of rotatable bonds is 7. The Bertz CT molecular complexity index is 808. The molecular weight excluding hydrogens is 368 g/mol. The average molecular weight is 399 g/mol. The fourth-order valence-corrected chi connectivity index (χ4v) is 2.53. The Morgan fingerprint density at radius 3 is 2.07 bits per heavy atom. The highest BCUT2D eigenvalue weighted by molar-refractivity contribution is 5.85. The van der Waals surface area contributed by atoms with E-state index >= 15 is 0 Å². The molecule has 0 spiro atoms. The molecule has 29 heavy (non-hydrogen) atoms. The number of amides is 2. The highest BCUT2D eigenvalue weighted by atomic mass is 16.5. The first kappa shape index (κ1) is 22.3. The molecule has 0 bridgehead atoms. The molecular formula is C23H30N2O4. The van der Waals surface area contributed by atoms with Gasteiger partial charge < -0.3 is 9.47 Å². The maximum Gasteiger partial charge on any atom is 0.279 e. The number of carbonyl (C=O) groups is 2. The quantitative estimate of drug-likeness (QED) is 0.700. The SMILES string of the molecule is CCc1ccc(OCC(=O)NNC(=O)C(C)Oc2ccc(C(C)(C)C)cc2)cc1. The van der Waals surface area contributed by atoms with E-state index in [2.05, 4.69) is 38.5 Å². The van der Waals surface area contributed by atoms with E-state index in [0.29, 0.717) is 11.5 Å². The summed E-state index contributed by atoms with van der Waals surface area (Å²) < 4.78 is 11.0. The summed E-state index contributed by atoms with van der Waals surface area (Å²) in [5.41, 5.74) is 7.09. The van der Waals surface area contributed by atoms with Crippen molar-refractivity contribution in [3.05, 3.63) is 59.7 Å². The van der Waals surface area contributed by atoms with Crippen LogP contribution in [0.3, 0.4) is 0 Å². The predicted molar refractivity (Wildman–Crippen MR) is 113 cm³/mol. The zero-order valence-corrected chi connectivity index (χ0v) is 17.7. The Kier molecular flexibility index (Phi) is 7.65. The Hall–Kier alpha value is -3.02. The number of hydrazine groups is 1. The van der Waals surface area contributed by atoms with Gasteiger partial charge in [0.25, 0.3) is 11.8 Å². The summed E-state index contributed by atoms with van der Waals surface area (Å²) in [6, 6.07) is 15.1. The van der Waals surface area contributed by atoms with Gasteiger partial charge in [-0.3, -0.25) is 20.4 Å². The van der Waals surface area contributed by atoms with Crippen molar-refractivity contribution in [2.45, 2.75) is 52.6 Å². The van der Waals surface area contributed by atoms with Crippen molar-refractivity contribution >= 4 is 11.8 Å². The first-order valence-corrected chi connectivity index (χ1v) is 9.76. The molecule has 2 aromatic carbocycles. The van der Waals surface area contributed by atoms with E-state index in [1.807, 2.05) is 48.5 Å². The molecule has 1 unspecified atom stereocenters. The molecule has 2 N–H and O–H groups in total. The summed E-state index contributed by atoms with van der Waals surface area (Å²) in [5, 5.41) is 0. The van der Waals surface area contributed by atoms with Gasteiger partial charge in [-0.25, -0.2) is 0 Å². The largest absolute Gasteiger partial charge is 0.484 e. The van der Waals surface area contributed by atoms with Gasteiger partial charge in [0.05, 0.1) is 0 Å². The average Bonchev–Trinajstić information content (AvgIpc) is 2.70. The molecule has 2 rings (SSSR count). The molecule has 0 aliphatic rings. The number of aryl methyl sites for hydroxylation is 1. The number of nitrogens with one attached hydrogen (secondary N) is 2. The minimum Gasteiger partial charge on any atom is -0.484 e. The third-order valence-electron chi connectivity index (χ3n) is 4.43. The van der Waals surface area contributed by atoms with Gasteiger partial charge >= 0.3 is 0 Å². The van der Waals surface area contributed by atoms with E-state index < -0.39 is 17.9 Å². The van der Waals surface area contributed by atoms with Gasteiger partial charge in [0.15, 0.2) is 12.7 Å². The maximum atomic E-state index is 12.1. The number of hydrogen-bond donors (Lipinski definition) is 2. The van der Waals surface area contributed by atoms with Crippen molar-refractivity contribution in [3.8, 4) is 11.5 Å². The van der Waals surface area contributed by atoms with Crippen molar-refractivity contribution in [2.24, 2.45) is 0 Å². The lowest BCUT2D eigenvalue weighted by molar-refractivity contribution is -0.133. The van der Waals surface area contributed by atoms with Crippen LogP contribution in [0.4, 0.5) is 0 Å². The molecule has 2 aromatic rings. The lowest BCUT2D eigenvalue weighted by Crippen LogP contribution is -2.48. The molecule has 0 aliphatic carbocycles. The van der Waals surface area contributed by atoms with E-state index in [0.717, 1.165) is 6.42 Å².